The van der Waals surface area contributed by atoms with Crippen LogP contribution in [0.1, 0.15) is 11.1 Å². The summed E-state index contributed by atoms with van der Waals surface area (Å²) in [7, 11) is 1.53. The molecule has 0 saturated carbocycles. The molecule has 0 heterocycles. The fourth-order valence-corrected chi connectivity index (χ4v) is 3.91. The highest BCUT2D eigenvalue weighted by Gasteiger charge is 2.14. The van der Waals surface area contributed by atoms with E-state index in [1.165, 1.54) is 13.2 Å². The standard InChI is InChI=1S/C27H22ClIN2O4/c1-3-12-34-26-24(29)14-19(15-25(26)33-2)13-20(16-30)27(32)31-22-8-10-23(11-9-22)35-17-18-4-6-21(28)7-5-18/h3-11,13-15H,1,12,17H2,2H3,(H,31,32)/b20-13+. The van der Waals surface area contributed by atoms with Crippen molar-refractivity contribution >= 4 is 51.9 Å². The van der Waals surface area contributed by atoms with E-state index in [9.17, 15) is 10.1 Å². The van der Waals surface area contributed by atoms with E-state index in [2.05, 4.69) is 34.5 Å². The summed E-state index contributed by atoms with van der Waals surface area (Å²) in [4.78, 5) is 12.7. The topological polar surface area (TPSA) is 80.6 Å². The third-order valence-electron chi connectivity index (χ3n) is 4.70. The van der Waals surface area contributed by atoms with E-state index in [1.807, 2.05) is 18.2 Å². The van der Waals surface area contributed by atoms with Gasteiger partial charge in [-0.15, -0.1) is 0 Å². The molecule has 0 saturated heterocycles. The van der Waals surface area contributed by atoms with Crippen LogP contribution >= 0.6 is 34.2 Å². The maximum Gasteiger partial charge on any atom is 0.266 e. The van der Waals surface area contributed by atoms with Crippen LogP contribution in [0, 0.1) is 14.9 Å². The Balaban J connectivity index is 1.68. The van der Waals surface area contributed by atoms with Crippen LogP contribution in [-0.4, -0.2) is 19.6 Å². The number of rotatable bonds is 10. The van der Waals surface area contributed by atoms with Crippen LogP contribution in [0.25, 0.3) is 6.08 Å². The zero-order chi connectivity index (χ0) is 25.2. The first kappa shape index (κ1) is 26.1. The molecule has 0 aromatic heterocycles. The Morgan fingerprint density at radius 3 is 2.49 bits per heavy atom. The highest BCUT2D eigenvalue weighted by molar-refractivity contribution is 14.1. The Bertz CT molecular complexity index is 1270. The molecule has 0 unspecified atom stereocenters. The second kappa shape index (κ2) is 12.8. The van der Waals surface area contributed by atoms with E-state index < -0.39 is 5.91 Å². The first-order valence-electron chi connectivity index (χ1n) is 10.4. The lowest BCUT2D eigenvalue weighted by molar-refractivity contribution is -0.112. The molecular weight excluding hydrogens is 579 g/mol. The zero-order valence-corrected chi connectivity index (χ0v) is 21.8. The third-order valence-corrected chi connectivity index (χ3v) is 5.76. The smallest absolute Gasteiger partial charge is 0.266 e. The molecule has 3 aromatic rings. The molecule has 0 aliphatic heterocycles. The minimum Gasteiger partial charge on any atom is -0.493 e. The largest absolute Gasteiger partial charge is 0.493 e. The fraction of sp³-hybridized carbons (Fsp3) is 0.111. The number of hydrogen-bond donors (Lipinski definition) is 1. The van der Waals surface area contributed by atoms with Crippen molar-refractivity contribution < 1.29 is 19.0 Å². The molecule has 0 spiro atoms. The quantitative estimate of drug-likeness (QED) is 0.122. The second-order valence-corrected chi connectivity index (χ2v) is 8.80. The van der Waals surface area contributed by atoms with Gasteiger partial charge in [0.2, 0.25) is 0 Å². The minimum absolute atomic E-state index is 0.0503. The predicted molar refractivity (Wildman–Crippen MR) is 146 cm³/mol. The monoisotopic (exact) mass is 600 g/mol. The Labute approximate surface area is 222 Å². The Hall–Kier alpha value is -3.48. The second-order valence-electron chi connectivity index (χ2n) is 7.20. The highest BCUT2D eigenvalue weighted by atomic mass is 127. The molecule has 0 aliphatic carbocycles. The lowest BCUT2D eigenvalue weighted by atomic mass is 10.1. The molecular formula is C27H22ClIN2O4. The van der Waals surface area contributed by atoms with Crippen LogP contribution in [0.2, 0.25) is 5.02 Å². The molecule has 3 rings (SSSR count). The van der Waals surface area contributed by atoms with Gasteiger partial charge in [-0.2, -0.15) is 5.26 Å². The highest BCUT2D eigenvalue weighted by Crippen LogP contribution is 2.34. The molecule has 8 heteroatoms. The Morgan fingerprint density at radius 2 is 1.86 bits per heavy atom. The number of carbonyl (C=O) groups excluding carboxylic acids is 1. The number of amides is 1. The number of anilines is 1. The number of nitriles is 1. The van der Waals surface area contributed by atoms with Crippen LogP contribution in [0.4, 0.5) is 5.69 Å². The number of hydrogen-bond acceptors (Lipinski definition) is 5. The van der Waals surface area contributed by atoms with Gasteiger partial charge in [0, 0.05) is 10.7 Å². The van der Waals surface area contributed by atoms with Gasteiger partial charge in [-0.05, 0) is 88.3 Å². The first-order chi connectivity index (χ1) is 16.9. The summed E-state index contributed by atoms with van der Waals surface area (Å²) in [5, 5.41) is 13.0. The van der Waals surface area contributed by atoms with Gasteiger partial charge < -0.3 is 19.5 Å². The van der Waals surface area contributed by atoms with E-state index in [0.29, 0.717) is 46.7 Å². The van der Waals surface area contributed by atoms with Crippen LogP contribution in [0.15, 0.2) is 78.9 Å². The van der Waals surface area contributed by atoms with E-state index >= 15 is 0 Å². The summed E-state index contributed by atoms with van der Waals surface area (Å²) in [5.74, 6) is 1.20. The summed E-state index contributed by atoms with van der Waals surface area (Å²) in [6, 6.07) is 19.8. The third kappa shape index (κ3) is 7.50. The number of carbonyl (C=O) groups is 1. The van der Waals surface area contributed by atoms with E-state index in [0.717, 1.165) is 9.13 Å². The molecule has 1 amide bonds. The molecule has 0 bridgehead atoms. The van der Waals surface area contributed by atoms with Gasteiger partial charge in [0.25, 0.3) is 5.91 Å². The van der Waals surface area contributed by atoms with Gasteiger partial charge in [-0.25, -0.2) is 0 Å². The van der Waals surface area contributed by atoms with Crippen molar-refractivity contribution in [3.8, 4) is 23.3 Å². The normalized spacial score (nSPS) is 10.7. The predicted octanol–water partition coefficient (Wildman–Crippen LogP) is 6.64. The van der Waals surface area contributed by atoms with Gasteiger partial charge in [-0.1, -0.05) is 36.4 Å². The van der Waals surface area contributed by atoms with Crippen molar-refractivity contribution in [2.45, 2.75) is 6.61 Å². The molecule has 3 aromatic carbocycles. The molecule has 178 valence electrons. The van der Waals surface area contributed by atoms with Crippen LogP contribution in [-0.2, 0) is 11.4 Å². The molecule has 0 aliphatic rings. The first-order valence-corrected chi connectivity index (χ1v) is 11.9. The minimum atomic E-state index is -0.525. The van der Waals surface area contributed by atoms with Crippen LogP contribution in [0.5, 0.6) is 17.2 Å². The SMILES string of the molecule is C=CCOc1c(I)cc(/C=C(\C#N)C(=O)Nc2ccc(OCc3ccc(Cl)cc3)cc2)cc1OC. The number of nitrogens with zero attached hydrogens (tertiary/aromatic N) is 1. The van der Waals surface area contributed by atoms with Crippen molar-refractivity contribution in [1.29, 1.82) is 5.26 Å². The van der Waals surface area contributed by atoms with Crippen LogP contribution in [0.3, 0.4) is 0 Å². The average molecular weight is 601 g/mol. The Kier molecular flexibility index (Phi) is 9.58. The maximum absolute atomic E-state index is 12.7. The van der Waals surface area contributed by atoms with Gasteiger partial charge in [0.1, 0.15) is 30.6 Å². The summed E-state index contributed by atoms with van der Waals surface area (Å²) < 4.78 is 17.6. The zero-order valence-electron chi connectivity index (χ0n) is 18.9. The van der Waals surface area contributed by atoms with Gasteiger partial charge in [-0.3, -0.25) is 4.79 Å². The summed E-state index contributed by atoms with van der Waals surface area (Å²) >= 11 is 8.01. The van der Waals surface area contributed by atoms with Crippen molar-refractivity contribution in [2.75, 3.05) is 19.0 Å². The van der Waals surface area contributed by atoms with Gasteiger partial charge in [0.05, 0.1) is 10.7 Å². The summed E-state index contributed by atoms with van der Waals surface area (Å²) in [5.41, 5.74) is 2.11. The van der Waals surface area contributed by atoms with E-state index in [4.69, 9.17) is 25.8 Å². The van der Waals surface area contributed by atoms with Gasteiger partial charge >= 0.3 is 0 Å². The van der Waals surface area contributed by atoms with Crippen molar-refractivity contribution in [2.24, 2.45) is 0 Å². The lowest BCUT2D eigenvalue weighted by Crippen LogP contribution is -2.13. The summed E-state index contributed by atoms with van der Waals surface area (Å²) in [6.07, 6.45) is 3.14. The molecule has 0 radical (unpaired) electrons. The van der Waals surface area contributed by atoms with Crippen LogP contribution < -0.4 is 19.5 Å². The number of benzene rings is 3. The fourth-order valence-electron chi connectivity index (χ4n) is 3.00. The summed E-state index contributed by atoms with van der Waals surface area (Å²) in [6.45, 7) is 4.37. The molecule has 35 heavy (non-hydrogen) atoms. The van der Waals surface area contributed by atoms with Gasteiger partial charge in [0.15, 0.2) is 11.5 Å². The number of methoxy groups -OCH3 is 1. The lowest BCUT2D eigenvalue weighted by Gasteiger charge is -2.12. The average Bonchev–Trinajstić information content (AvgIpc) is 2.86. The molecule has 0 atom stereocenters. The Morgan fingerprint density at radius 1 is 1.14 bits per heavy atom. The van der Waals surface area contributed by atoms with Crippen molar-refractivity contribution in [3.05, 3.63) is 98.6 Å². The van der Waals surface area contributed by atoms with E-state index in [-0.39, 0.29) is 5.57 Å². The van der Waals surface area contributed by atoms with Crippen molar-refractivity contribution in [3.63, 3.8) is 0 Å². The molecule has 1 N–H and O–H groups in total. The molecule has 6 nitrogen and oxygen atoms in total. The number of ether oxygens (including phenoxy) is 3. The van der Waals surface area contributed by atoms with E-state index in [1.54, 1.807) is 54.6 Å². The number of halogens is 2. The maximum atomic E-state index is 12.7. The molecule has 0 fully saturated rings. The number of nitrogens with one attached hydrogen (secondary N) is 1. The van der Waals surface area contributed by atoms with Crippen molar-refractivity contribution in [1.82, 2.24) is 0 Å².